The predicted octanol–water partition coefficient (Wildman–Crippen LogP) is 2.17. The molecule has 0 saturated carbocycles. The van der Waals surface area contributed by atoms with E-state index < -0.39 is 0 Å². The molecule has 3 aromatic rings. The van der Waals surface area contributed by atoms with Gasteiger partial charge in [-0.25, -0.2) is 4.68 Å². The molecule has 0 spiro atoms. The Balaban J connectivity index is 1.30. The Morgan fingerprint density at radius 1 is 1.25 bits per heavy atom. The number of aromatic nitrogens is 4. The van der Waals surface area contributed by atoms with Crippen molar-refractivity contribution >= 4 is 35.0 Å². The molecule has 3 heterocycles. The molecule has 1 N–H and O–H groups in total. The molecule has 0 radical (unpaired) electrons. The molecular weight excluding hydrogens is 380 g/mol. The fourth-order valence-corrected chi connectivity index (χ4v) is 3.60. The van der Waals surface area contributed by atoms with Gasteiger partial charge in [0.25, 0.3) is 0 Å². The number of amides is 2. The Labute approximate surface area is 165 Å². The van der Waals surface area contributed by atoms with E-state index in [9.17, 15) is 9.59 Å². The van der Waals surface area contributed by atoms with E-state index in [1.807, 2.05) is 18.2 Å². The molecule has 4 rings (SSSR count). The maximum absolute atomic E-state index is 12.2. The van der Waals surface area contributed by atoms with Crippen molar-refractivity contribution in [2.45, 2.75) is 24.5 Å². The standard InChI is InChI=1S/C18H18N6O3S/c25-16(12-28-18-20-21-22-24(18)11-15-3-2-10-27-15)19-13-5-7-14(8-6-13)23-9-1-4-17(23)26/h2-3,5-8,10H,1,4,9,11-12H2,(H,19,25). The number of furan rings is 1. The molecule has 0 unspecified atom stereocenters. The van der Waals surface area contributed by atoms with Gasteiger partial charge >= 0.3 is 0 Å². The van der Waals surface area contributed by atoms with Gasteiger partial charge in [-0.1, -0.05) is 11.8 Å². The fourth-order valence-electron chi connectivity index (χ4n) is 2.92. The Kier molecular flexibility index (Phi) is 5.38. The molecule has 1 aromatic carbocycles. The minimum atomic E-state index is -0.164. The highest BCUT2D eigenvalue weighted by Gasteiger charge is 2.21. The van der Waals surface area contributed by atoms with Crippen molar-refractivity contribution in [1.29, 1.82) is 0 Å². The van der Waals surface area contributed by atoms with Crippen molar-refractivity contribution in [2.75, 3.05) is 22.5 Å². The van der Waals surface area contributed by atoms with Gasteiger partial charge in [-0.2, -0.15) is 0 Å². The fraction of sp³-hybridized carbons (Fsp3) is 0.278. The van der Waals surface area contributed by atoms with Crippen molar-refractivity contribution in [3.8, 4) is 0 Å². The molecule has 0 atom stereocenters. The van der Waals surface area contributed by atoms with Gasteiger partial charge in [0.2, 0.25) is 17.0 Å². The predicted molar refractivity (Wildman–Crippen MR) is 103 cm³/mol. The summed E-state index contributed by atoms with van der Waals surface area (Å²) in [5.41, 5.74) is 1.53. The van der Waals surface area contributed by atoms with Crippen molar-refractivity contribution in [2.24, 2.45) is 0 Å². The minimum absolute atomic E-state index is 0.139. The van der Waals surface area contributed by atoms with E-state index in [1.54, 1.807) is 34.0 Å². The number of anilines is 2. The highest BCUT2D eigenvalue weighted by Crippen LogP contribution is 2.23. The summed E-state index contributed by atoms with van der Waals surface area (Å²) >= 11 is 1.25. The molecule has 9 nitrogen and oxygen atoms in total. The summed E-state index contributed by atoms with van der Waals surface area (Å²) in [6.07, 6.45) is 3.06. The largest absolute Gasteiger partial charge is 0.467 e. The van der Waals surface area contributed by atoms with Crippen LogP contribution in [0.25, 0.3) is 0 Å². The van der Waals surface area contributed by atoms with Crippen molar-refractivity contribution in [3.05, 3.63) is 48.4 Å². The zero-order chi connectivity index (χ0) is 19.3. The first kappa shape index (κ1) is 18.2. The second-order valence-electron chi connectivity index (χ2n) is 6.23. The number of nitrogens with zero attached hydrogens (tertiary/aromatic N) is 5. The third kappa shape index (κ3) is 4.22. The van der Waals surface area contributed by atoms with Crippen LogP contribution in [-0.2, 0) is 16.1 Å². The molecule has 0 aliphatic carbocycles. The molecule has 28 heavy (non-hydrogen) atoms. The van der Waals surface area contributed by atoms with Gasteiger partial charge < -0.3 is 14.6 Å². The molecular formula is C18H18N6O3S. The molecule has 2 aromatic heterocycles. The number of benzene rings is 1. The number of hydrogen-bond donors (Lipinski definition) is 1. The number of nitrogens with one attached hydrogen (secondary N) is 1. The summed E-state index contributed by atoms with van der Waals surface area (Å²) in [6.45, 7) is 1.15. The number of carbonyl (C=O) groups excluding carboxylic acids is 2. The lowest BCUT2D eigenvalue weighted by atomic mass is 10.2. The number of thioether (sulfide) groups is 1. The van der Waals surface area contributed by atoms with Gasteiger partial charge in [0.05, 0.1) is 12.0 Å². The van der Waals surface area contributed by atoms with E-state index in [0.29, 0.717) is 23.8 Å². The van der Waals surface area contributed by atoms with Crippen LogP contribution in [-0.4, -0.2) is 44.3 Å². The molecule has 1 fully saturated rings. The van der Waals surface area contributed by atoms with E-state index in [2.05, 4.69) is 20.8 Å². The SMILES string of the molecule is O=C(CSc1nnnn1Cc1ccco1)Nc1ccc(N2CCCC2=O)cc1. The van der Waals surface area contributed by atoms with E-state index in [1.165, 1.54) is 11.8 Å². The Hall–Kier alpha value is -3.14. The van der Waals surface area contributed by atoms with E-state index in [4.69, 9.17) is 4.42 Å². The molecule has 1 aliphatic heterocycles. The zero-order valence-electron chi connectivity index (χ0n) is 14.9. The van der Waals surface area contributed by atoms with Crippen molar-refractivity contribution < 1.29 is 14.0 Å². The average Bonchev–Trinajstić information content (AvgIpc) is 3.44. The van der Waals surface area contributed by atoms with Crippen LogP contribution >= 0.6 is 11.8 Å². The van der Waals surface area contributed by atoms with E-state index >= 15 is 0 Å². The topological polar surface area (TPSA) is 106 Å². The maximum atomic E-state index is 12.2. The molecule has 0 bridgehead atoms. The van der Waals surface area contributed by atoms with Gasteiger partial charge in [-0.3, -0.25) is 9.59 Å². The summed E-state index contributed by atoms with van der Waals surface area (Å²) in [4.78, 5) is 25.8. The highest BCUT2D eigenvalue weighted by molar-refractivity contribution is 7.99. The van der Waals surface area contributed by atoms with Crippen molar-refractivity contribution in [1.82, 2.24) is 20.2 Å². The second-order valence-corrected chi connectivity index (χ2v) is 7.17. The Morgan fingerprint density at radius 3 is 2.82 bits per heavy atom. The van der Waals surface area contributed by atoms with Gasteiger partial charge in [0.15, 0.2) is 0 Å². The lowest BCUT2D eigenvalue weighted by Crippen LogP contribution is -2.23. The first-order valence-electron chi connectivity index (χ1n) is 8.81. The molecule has 144 valence electrons. The van der Waals surface area contributed by atoms with Crippen LogP contribution < -0.4 is 10.2 Å². The van der Waals surface area contributed by atoms with E-state index in [-0.39, 0.29) is 17.6 Å². The smallest absolute Gasteiger partial charge is 0.234 e. The highest BCUT2D eigenvalue weighted by atomic mass is 32.2. The number of hydrogen-bond acceptors (Lipinski definition) is 7. The number of rotatable bonds is 7. The first-order chi connectivity index (χ1) is 13.7. The lowest BCUT2D eigenvalue weighted by molar-refractivity contribution is -0.117. The second kappa shape index (κ2) is 8.26. The molecule has 2 amide bonds. The minimum Gasteiger partial charge on any atom is -0.467 e. The molecule has 1 aliphatic rings. The van der Waals surface area contributed by atoms with Gasteiger partial charge in [-0.15, -0.1) is 5.10 Å². The Morgan fingerprint density at radius 2 is 2.11 bits per heavy atom. The van der Waals surface area contributed by atoms with Crippen LogP contribution in [0, 0.1) is 0 Å². The summed E-state index contributed by atoms with van der Waals surface area (Å²) in [7, 11) is 0. The summed E-state index contributed by atoms with van der Waals surface area (Å²) < 4.78 is 6.87. The lowest BCUT2D eigenvalue weighted by Gasteiger charge is -2.16. The maximum Gasteiger partial charge on any atom is 0.234 e. The van der Waals surface area contributed by atoms with Gasteiger partial charge in [0.1, 0.15) is 12.3 Å². The van der Waals surface area contributed by atoms with Gasteiger partial charge in [0, 0.05) is 24.3 Å². The quantitative estimate of drug-likeness (QED) is 0.608. The third-order valence-corrected chi connectivity index (χ3v) is 5.21. The summed E-state index contributed by atoms with van der Waals surface area (Å²) in [6, 6.07) is 10.9. The van der Waals surface area contributed by atoms with Crippen LogP contribution in [0.3, 0.4) is 0 Å². The van der Waals surface area contributed by atoms with Gasteiger partial charge in [-0.05, 0) is 53.2 Å². The molecule has 1 saturated heterocycles. The van der Waals surface area contributed by atoms with Crippen LogP contribution in [0.15, 0.2) is 52.2 Å². The number of tetrazole rings is 1. The first-order valence-corrected chi connectivity index (χ1v) is 9.79. The van der Waals surface area contributed by atoms with Crippen LogP contribution in [0.4, 0.5) is 11.4 Å². The van der Waals surface area contributed by atoms with E-state index in [0.717, 1.165) is 24.4 Å². The van der Waals surface area contributed by atoms with Crippen LogP contribution in [0.1, 0.15) is 18.6 Å². The van der Waals surface area contributed by atoms with Crippen LogP contribution in [0.5, 0.6) is 0 Å². The normalized spacial score (nSPS) is 13.9. The molecule has 10 heteroatoms. The average molecular weight is 398 g/mol. The summed E-state index contributed by atoms with van der Waals surface area (Å²) in [5, 5.41) is 14.9. The monoisotopic (exact) mass is 398 g/mol. The number of carbonyl (C=O) groups is 2. The Bertz CT molecular complexity index is 954. The zero-order valence-corrected chi connectivity index (χ0v) is 15.8. The van der Waals surface area contributed by atoms with Crippen molar-refractivity contribution in [3.63, 3.8) is 0 Å². The third-order valence-electron chi connectivity index (χ3n) is 4.25. The van der Waals surface area contributed by atoms with Crippen LogP contribution in [0.2, 0.25) is 0 Å². The summed E-state index contributed by atoms with van der Waals surface area (Å²) in [5.74, 6) is 0.878.